The molecule has 0 radical (unpaired) electrons. The minimum absolute atomic E-state index is 0.531. The van der Waals surface area contributed by atoms with Crippen molar-refractivity contribution in [2.24, 2.45) is 16.6 Å². The number of anilines is 1. The molecule has 15 heavy (non-hydrogen) atoms. The summed E-state index contributed by atoms with van der Waals surface area (Å²) in [4.78, 5) is 14.6. The van der Waals surface area contributed by atoms with Crippen LogP contribution in [0.4, 0.5) is 10.5 Å². The second-order valence-electron chi connectivity index (χ2n) is 2.79. The number of benzene rings is 1. The number of urea groups is 1. The zero-order valence-corrected chi connectivity index (χ0v) is 8.32. The van der Waals surface area contributed by atoms with Crippen LogP contribution in [0, 0.1) is 0 Å². The van der Waals surface area contributed by atoms with Crippen LogP contribution in [0.25, 0.3) is 0 Å². The lowest BCUT2D eigenvalue weighted by Crippen LogP contribution is -2.31. The number of amides is 2. The molecule has 0 saturated carbocycles. The number of hydrazine groups is 1. The molecule has 0 aliphatic rings. The lowest BCUT2D eigenvalue weighted by molar-refractivity contribution is 0.259. The molecule has 2 amide bonds. The molecule has 0 bridgehead atoms. The van der Waals surface area contributed by atoms with Gasteiger partial charge < -0.3 is 16.5 Å². The van der Waals surface area contributed by atoms with Gasteiger partial charge in [-0.05, 0) is 12.1 Å². The third-order valence-corrected chi connectivity index (χ3v) is 1.76. The number of carbonyl (C=O) groups is 1. The number of primary amides is 1. The first-order chi connectivity index (χ1) is 7.17. The van der Waals surface area contributed by atoms with Gasteiger partial charge in [-0.2, -0.15) is 0 Å². The Labute approximate surface area is 87.3 Å². The number of rotatable bonds is 2. The Morgan fingerprint density at radius 2 is 2.20 bits per heavy atom. The molecule has 0 saturated heterocycles. The van der Waals surface area contributed by atoms with Crippen molar-refractivity contribution in [1.29, 1.82) is 0 Å². The zero-order valence-electron chi connectivity index (χ0n) is 8.32. The van der Waals surface area contributed by atoms with E-state index >= 15 is 0 Å². The van der Waals surface area contributed by atoms with Crippen molar-refractivity contribution in [3.05, 3.63) is 29.8 Å². The highest BCUT2D eigenvalue weighted by atomic mass is 16.2. The Morgan fingerprint density at radius 3 is 2.73 bits per heavy atom. The van der Waals surface area contributed by atoms with Crippen LogP contribution in [0.3, 0.4) is 0 Å². The fourth-order valence-electron chi connectivity index (χ4n) is 1.16. The number of amidine groups is 1. The highest BCUT2D eigenvalue weighted by Crippen LogP contribution is 2.10. The van der Waals surface area contributed by atoms with Gasteiger partial charge >= 0.3 is 6.03 Å². The Kier molecular flexibility index (Phi) is 3.64. The number of nitrogens with zero attached hydrogens (tertiary/aromatic N) is 1. The molecule has 1 aromatic carbocycles. The minimum atomic E-state index is -0.608. The van der Waals surface area contributed by atoms with Gasteiger partial charge in [-0.15, -0.1) is 0 Å². The van der Waals surface area contributed by atoms with Crippen molar-refractivity contribution in [3.63, 3.8) is 0 Å². The van der Waals surface area contributed by atoms with Gasteiger partial charge in [-0.1, -0.05) is 12.1 Å². The Balaban J connectivity index is 2.96. The largest absolute Gasteiger partial charge is 0.351 e. The van der Waals surface area contributed by atoms with Crippen molar-refractivity contribution in [2.45, 2.75) is 0 Å². The van der Waals surface area contributed by atoms with Gasteiger partial charge in [-0.3, -0.25) is 4.99 Å². The van der Waals surface area contributed by atoms with Crippen LogP contribution < -0.4 is 22.3 Å². The Morgan fingerprint density at radius 1 is 1.47 bits per heavy atom. The van der Waals surface area contributed by atoms with Crippen molar-refractivity contribution < 1.29 is 4.79 Å². The summed E-state index contributed by atoms with van der Waals surface area (Å²) in [5.41, 5.74) is 8.81. The predicted octanol–water partition coefficient (Wildman–Crippen LogP) is 0.0169. The molecule has 0 aliphatic heterocycles. The normalized spacial score (nSPS) is 10.9. The van der Waals surface area contributed by atoms with E-state index in [0.717, 1.165) is 5.56 Å². The summed E-state index contributed by atoms with van der Waals surface area (Å²) < 4.78 is 0. The summed E-state index contributed by atoms with van der Waals surface area (Å²) in [6.07, 6.45) is 0. The summed E-state index contributed by atoms with van der Waals surface area (Å²) in [6, 6.07) is 6.41. The predicted molar refractivity (Wildman–Crippen MR) is 59.4 cm³/mol. The van der Waals surface area contributed by atoms with Gasteiger partial charge in [0.1, 0.15) is 5.84 Å². The highest BCUT2D eigenvalue weighted by molar-refractivity contribution is 5.99. The van der Waals surface area contributed by atoms with Crippen LogP contribution in [0.1, 0.15) is 5.56 Å². The molecule has 6 nitrogen and oxygen atoms in total. The maximum Gasteiger partial charge on any atom is 0.316 e. The van der Waals surface area contributed by atoms with E-state index in [1.165, 1.54) is 0 Å². The van der Waals surface area contributed by atoms with Crippen LogP contribution in [0.5, 0.6) is 0 Å². The molecule has 0 aromatic heterocycles. The molecule has 0 spiro atoms. The van der Waals surface area contributed by atoms with Crippen LogP contribution in [0.15, 0.2) is 29.3 Å². The standard InChI is InChI=1S/C9H13N5O/c1-12-8(14-11)6-3-2-4-7(5-6)13-9(10)15/h2-5H,11H2,1H3,(H,12,14)(H3,10,13,15). The molecule has 6 heteroatoms. The first-order valence-corrected chi connectivity index (χ1v) is 4.27. The van der Waals surface area contributed by atoms with Gasteiger partial charge in [-0.25, -0.2) is 10.6 Å². The first kappa shape index (κ1) is 11.0. The number of hydrogen-bond acceptors (Lipinski definition) is 3. The fraction of sp³-hybridized carbons (Fsp3) is 0.111. The van der Waals surface area contributed by atoms with E-state index in [0.29, 0.717) is 11.5 Å². The molecular formula is C9H13N5O. The molecule has 0 atom stereocenters. The summed E-state index contributed by atoms with van der Waals surface area (Å²) in [5, 5.41) is 2.46. The monoisotopic (exact) mass is 207 g/mol. The summed E-state index contributed by atoms with van der Waals surface area (Å²) in [7, 11) is 1.61. The summed E-state index contributed by atoms with van der Waals surface area (Å²) in [6.45, 7) is 0. The van der Waals surface area contributed by atoms with Gasteiger partial charge in [0.15, 0.2) is 0 Å². The maximum atomic E-state index is 10.6. The second kappa shape index (κ2) is 4.97. The van der Waals surface area contributed by atoms with E-state index in [4.69, 9.17) is 11.6 Å². The van der Waals surface area contributed by atoms with Crippen molar-refractivity contribution in [2.75, 3.05) is 12.4 Å². The van der Waals surface area contributed by atoms with E-state index in [-0.39, 0.29) is 0 Å². The fourth-order valence-corrected chi connectivity index (χ4v) is 1.16. The molecule has 1 rings (SSSR count). The number of hydrogen-bond donors (Lipinski definition) is 4. The molecule has 0 unspecified atom stereocenters. The molecule has 1 aromatic rings. The lowest BCUT2D eigenvalue weighted by atomic mass is 10.2. The number of carbonyl (C=O) groups excluding carboxylic acids is 1. The molecule has 0 aliphatic carbocycles. The third-order valence-electron chi connectivity index (χ3n) is 1.76. The van der Waals surface area contributed by atoms with Crippen LogP contribution in [-0.4, -0.2) is 18.9 Å². The summed E-state index contributed by atoms with van der Waals surface area (Å²) in [5.74, 6) is 5.80. The molecule has 6 N–H and O–H groups in total. The topological polar surface area (TPSA) is 106 Å². The quantitative estimate of drug-likeness (QED) is 0.238. The molecule has 0 fully saturated rings. The van der Waals surface area contributed by atoms with Gasteiger partial charge in [0.25, 0.3) is 0 Å². The summed E-state index contributed by atoms with van der Waals surface area (Å²) >= 11 is 0. The van der Waals surface area contributed by atoms with Gasteiger partial charge in [0.05, 0.1) is 0 Å². The highest BCUT2D eigenvalue weighted by Gasteiger charge is 2.02. The van der Waals surface area contributed by atoms with E-state index in [2.05, 4.69) is 15.7 Å². The average molecular weight is 207 g/mol. The van der Waals surface area contributed by atoms with E-state index in [9.17, 15) is 4.79 Å². The Hall–Kier alpha value is -2.08. The second-order valence-corrected chi connectivity index (χ2v) is 2.79. The third kappa shape index (κ3) is 2.96. The van der Waals surface area contributed by atoms with Crippen molar-refractivity contribution in [1.82, 2.24) is 5.43 Å². The SMILES string of the molecule is CN=C(NN)c1cccc(NC(N)=O)c1. The number of aliphatic imine (C=N–C) groups is 1. The number of nitrogens with two attached hydrogens (primary N) is 2. The molecule has 0 heterocycles. The van der Waals surface area contributed by atoms with Gasteiger partial charge in [0.2, 0.25) is 0 Å². The van der Waals surface area contributed by atoms with Gasteiger partial charge in [0, 0.05) is 18.3 Å². The maximum absolute atomic E-state index is 10.6. The number of nitrogens with one attached hydrogen (secondary N) is 2. The first-order valence-electron chi connectivity index (χ1n) is 4.27. The van der Waals surface area contributed by atoms with Crippen LogP contribution in [-0.2, 0) is 0 Å². The van der Waals surface area contributed by atoms with E-state index in [1.807, 2.05) is 6.07 Å². The van der Waals surface area contributed by atoms with Crippen molar-refractivity contribution >= 4 is 17.6 Å². The minimum Gasteiger partial charge on any atom is -0.351 e. The average Bonchev–Trinajstić information content (AvgIpc) is 2.19. The smallest absolute Gasteiger partial charge is 0.316 e. The molecular weight excluding hydrogens is 194 g/mol. The molecule has 80 valence electrons. The van der Waals surface area contributed by atoms with E-state index in [1.54, 1.807) is 25.2 Å². The Bertz CT molecular complexity index is 388. The van der Waals surface area contributed by atoms with Crippen molar-refractivity contribution in [3.8, 4) is 0 Å². The lowest BCUT2D eigenvalue weighted by Gasteiger charge is -2.07. The van der Waals surface area contributed by atoms with E-state index < -0.39 is 6.03 Å². The van der Waals surface area contributed by atoms with Crippen LogP contribution >= 0.6 is 0 Å². The van der Waals surface area contributed by atoms with Crippen LogP contribution in [0.2, 0.25) is 0 Å². The zero-order chi connectivity index (χ0) is 11.3.